The van der Waals surface area contributed by atoms with Crippen molar-refractivity contribution in [3.05, 3.63) is 17.7 Å². The first-order valence-corrected chi connectivity index (χ1v) is 5.16. The van der Waals surface area contributed by atoms with Crippen molar-refractivity contribution in [2.75, 3.05) is 6.54 Å². The minimum absolute atomic E-state index is 0.0145. The zero-order valence-corrected chi connectivity index (χ0v) is 8.40. The van der Waals surface area contributed by atoms with E-state index in [-0.39, 0.29) is 23.3 Å². The molecule has 2 rings (SSSR count). The average Bonchev–Trinajstić information content (AvgIpc) is 2.17. The summed E-state index contributed by atoms with van der Waals surface area (Å²) in [4.78, 5) is 0. The topological polar surface area (TPSA) is 72.7 Å². The third-order valence-electron chi connectivity index (χ3n) is 2.78. The summed E-state index contributed by atoms with van der Waals surface area (Å²) in [5.41, 5.74) is 0.493. The maximum absolute atomic E-state index is 9.66. The molecule has 1 fully saturated rings. The Hall–Kier alpha value is -1.42. The zero-order valence-electron chi connectivity index (χ0n) is 8.40. The molecule has 0 saturated carbocycles. The summed E-state index contributed by atoms with van der Waals surface area (Å²) in [6.45, 7) is 0.893. The highest BCUT2D eigenvalue weighted by Gasteiger charge is 2.21. The lowest BCUT2D eigenvalue weighted by molar-refractivity contribution is 0.366. The van der Waals surface area contributed by atoms with Gasteiger partial charge in [0.1, 0.15) is 17.2 Å². The van der Waals surface area contributed by atoms with Gasteiger partial charge in [-0.25, -0.2) is 0 Å². The summed E-state index contributed by atoms with van der Waals surface area (Å²) < 4.78 is 0. The average molecular weight is 209 g/mol. The number of rotatable bonds is 1. The standard InChI is InChI=1S/C11H15NO3/c13-7-5-9(14)11(10(15)6-7)8-3-1-2-4-12-8/h5-6,8,12-15H,1-4H2/t8-/m0/s1. The maximum atomic E-state index is 9.66. The van der Waals surface area contributed by atoms with Crippen LogP contribution in [0.15, 0.2) is 12.1 Å². The summed E-state index contributed by atoms with van der Waals surface area (Å²) in [5, 5.41) is 31.7. The van der Waals surface area contributed by atoms with Crippen molar-refractivity contribution < 1.29 is 15.3 Å². The number of phenolic OH excluding ortho intramolecular Hbond substituents is 3. The van der Waals surface area contributed by atoms with Gasteiger partial charge in [-0.2, -0.15) is 0 Å². The lowest BCUT2D eigenvalue weighted by Gasteiger charge is -2.25. The first kappa shape index (κ1) is 10.1. The molecule has 0 spiro atoms. The Morgan fingerprint density at radius 2 is 1.73 bits per heavy atom. The monoisotopic (exact) mass is 209 g/mol. The lowest BCUT2D eigenvalue weighted by atomic mass is 9.96. The van der Waals surface area contributed by atoms with E-state index < -0.39 is 0 Å². The van der Waals surface area contributed by atoms with Crippen LogP contribution >= 0.6 is 0 Å². The van der Waals surface area contributed by atoms with Crippen molar-refractivity contribution in [3.63, 3.8) is 0 Å². The molecule has 1 atom stereocenters. The molecule has 4 nitrogen and oxygen atoms in total. The van der Waals surface area contributed by atoms with Gasteiger partial charge in [-0.1, -0.05) is 6.42 Å². The molecule has 1 aromatic carbocycles. The van der Waals surface area contributed by atoms with Crippen LogP contribution in [0.5, 0.6) is 17.2 Å². The van der Waals surface area contributed by atoms with E-state index in [9.17, 15) is 15.3 Å². The van der Waals surface area contributed by atoms with Crippen molar-refractivity contribution in [2.45, 2.75) is 25.3 Å². The molecule has 1 heterocycles. The van der Waals surface area contributed by atoms with Crippen LogP contribution in [0.2, 0.25) is 0 Å². The summed E-state index contributed by atoms with van der Waals surface area (Å²) in [5.74, 6) is -0.219. The van der Waals surface area contributed by atoms with Gasteiger partial charge in [-0.3, -0.25) is 0 Å². The molecule has 15 heavy (non-hydrogen) atoms. The van der Waals surface area contributed by atoms with E-state index in [1.165, 1.54) is 12.1 Å². The molecule has 1 saturated heterocycles. The minimum atomic E-state index is -0.121. The second-order valence-corrected chi connectivity index (χ2v) is 3.90. The van der Waals surface area contributed by atoms with E-state index in [1.54, 1.807) is 0 Å². The van der Waals surface area contributed by atoms with Crippen LogP contribution < -0.4 is 5.32 Å². The lowest BCUT2D eigenvalue weighted by Crippen LogP contribution is -2.26. The van der Waals surface area contributed by atoms with Crippen LogP contribution in [0.25, 0.3) is 0 Å². The minimum Gasteiger partial charge on any atom is -0.508 e. The van der Waals surface area contributed by atoms with Crippen molar-refractivity contribution in [1.82, 2.24) is 5.32 Å². The van der Waals surface area contributed by atoms with E-state index >= 15 is 0 Å². The first-order chi connectivity index (χ1) is 7.18. The first-order valence-electron chi connectivity index (χ1n) is 5.16. The van der Waals surface area contributed by atoms with E-state index in [4.69, 9.17) is 0 Å². The highest BCUT2D eigenvalue weighted by molar-refractivity contribution is 5.50. The van der Waals surface area contributed by atoms with E-state index in [2.05, 4.69) is 5.32 Å². The number of piperidine rings is 1. The van der Waals surface area contributed by atoms with Crippen LogP contribution in [-0.2, 0) is 0 Å². The van der Waals surface area contributed by atoms with Crippen molar-refractivity contribution in [3.8, 4) is 17.2 Å². The van der Waals surface area contributed by atoms with Crippen LogP contribution in [-0.4, -0.2) is 21.9 Å². The smallest absolute Gasteiger partial charge is 0.127 e. The molecule has 0 radical (unpaired) electrons. The number of aromatic hydroxyl groups is 3. The summed E-state index contributed by atoms with van der Waals surface area (Å²) >= 11 is 0. The molecule has 0 unspecified atom stereocenters. The fourth-order valence-corrected chi connectivity index (χ4v) is 2.06. The summed E-state index contributed by atoms with van der Waals surface area (Å²) in [7, 11) is 0. The van der Waals surface area contributed by atoms with Crippen molar-refractivity contribution in [1.29, 1.82) is 0 Å². The highest BCUT2D eigenvalue weighted by Crippen LogP contribution is 2.39. The van der Waals surface area contributed by atoms with Crippen LogP contribution in [0.4, 0.5) is 0 Å². The quantitative estimate of drug-likeness (QED) is 0.567. The van der Waals surface area contributed by atoms with Gasteiger partial charge < -0.3 is 20.6 Å². The van der Waals surface area contributed by atoms with Crippen LogP contribution in [0.1, 0.15) is 30.9 Å². The molecule has 1 aliphatic rings. The number of hydrogen-bond acceptors (Lipinski definition) is 4. The van der Waals surface area contributed by atoms with Gasteiger partial charge in [0.15, 0.2) is 0 Å². The molecule has 82 valence electrons. The Morgan fingerprint density at radius 3 is 2.27 bits per heavy atom. The predicted octanol–water partition coefficient (Wildman–Crippen LogP) is 1.62. The SMILES string of the molecule is Oc1cc(O)c([C@@H]2CCCCN2)c(O)c1. The zero-order chi connectivity index (χ0) is 10.8. The summed E-state index contributed by atoms with van der Waals surface area (Å²) in [6.07, 6.45) is 3.10. The second kappa shape index (κ2) is 3.98. The number of phenols is 3. The second-order valence-electron chi connectivity index (χ2n) is 3.90. The van der Waals surface area contributed by atoms with Gasteiger partial charge in [0, 0.05) is 18.2 Å². The Bertz CT molecular complexity index is 336. The molecule has 1 aliphatic heterocycles. The molecule has 4 N–H and O–H groups in total. The third-order valence-corrected chi connectivity index (χ3v) is 2.78. The van der Waals surface area contributed by atoms with E-state index in [0.29, 0.717) is 5.56 Å². The van der Waals surface area contributed by atoms with Gasteiger partial charge >= 0.3 is 0 Å². The normalized spacial score (nSPS) is 21.5. The number of benzene rings is 1. The van der Waals surface area contributed by atoms with Gasteiger partial charge in [-0.05, 0) is 19.4 Å². The molecule has 0 aliphatic carbocycles. The Balaban J connectivity index is 2.33. The molecule has 0 bridgehead atoms. The van der Waals surface area contributed by atoms with Crippen LogP contribution in [0.3, 0.4) is 0 Å². The maximum Gasteiger partial charge on any atom is 0.127 e. The molecular formula is C11H15NO3. The van der Waals surface area contributed by atoms with Crippen LogP contribution in [0, 0.1) is 0 Å². The van der Waals surface area contributed by atoms with Gasteiger partial charge in [0.05, 0.1) is 5.56 Å². The molecular weight excluding hydrogens is 194 g/mol. The van der Waals surface area contributed by atoms with Crippen molar-refractivity contribution in [2.24, 2.45) is 0 Å². The molecule has 1 aromatic rings. The van der Waals surface area contributed by atoms with E-state index in [1.807, 2.05) is 0 Å². The third kappa shape index (κ3) is 1.99. The fourth-order valence-electron chi connectivity index (χ4n) is 2.06. The number of hydrogen-bond donors (Lipinski definition) is 4. The van der Waals surface area contributed by atoms with Gasteiger partial charge in [0.2, 0.25) is 0 Å². The highest BCUT2D eigenvalue weighted by atomic mass is 16.3. The molecule has 0 amide bonds. The predicted molar refractivity (Wildman–Crippen MR) is 56.0 cm³/mol. The molecule has 0 aromatic heterocycles. The number of nitrogens with one attached hydrogen (secondary N) is 1. The Morgan fingerprint density at radius 1 is 1.07 bits per heavy atom. The fraction of sp³-hybridized carbons (Fsp3) is 0.455. The van der Waals surface area contributed by atoms with Crippen molar-refractivity contribution >= 4 is 0 Å². The van der Waals surface area contributed by atoms with Gasteiger partial charge in [0.25, 0.3) is 0 Å². The molecule has 4 heteroatoms. The Kier molecular flexibility index (Phi) is 2.68. The Labute approximate surface area is 88.2 Å². The van der Waals surface area contributed by atoms with Gasteiger partial charge in [-0.15, -0.1) is 0 Å². The van der Waals surface area contributed by atoms with E-state index in [0.717, 1.165) is 25.8 Å². The summed E-state index contributed by atoms with van der Waals surface area (Å²) in [6, 6.07) is 2.50. The largest absolute Gasteiger partial charge is 0.508 e.